The van der Waals surface area contributed by atoms with Gasteiger partial charge in [0.15, 0.2) is 0 Å². The number of hydrogen-bond donors (Lipinski definition) is 1. The van der Waals surface area contributed by atoms with E-state index in [1.165, 1.54) is 12.1 Å². The van der Waals surface area contributed by atoms with Crippen LogP contribution in [0.1, 0.15) is 10.4 Å². The summed E-state index contributed by atoms with van der Waals surface area (Å²) in [5.41, 5.74) is 5.27. The van der Waals surface area contributed by atoms with Crippen LogP contribution in [0, 0.1) is 28.5 Å². The molecule has 0 radical (unpaired) electrons. The van der Waals surface area contributed by atoms with Gasteiger partial charge < -0.3 is 10.6 Å². The van der Waals surface area contributed by atoms with Gasteiger partial charge in [0.05, 0.1) is 17.8 Å². The zero-order valence-electron chi connectivity index (χ0n) is 8.85. The highest BCUT2D eigenvalue weighted by atomic mass is 19.1. The topological polar surface area (TPSA) is 93.9 Å². The van der Waals surface area contributed by atoms with Gasteiger partial charge in [-0.25, -0.2) is 4.39 Å². The minimum Gasteiger partial charge on any atom is -0.396 e. The van der Waals surface area contributed by atoms with Crippen LogP contribution in [0.4, 0.5) is 10.1 Å². The lowest BCUT2D eigenvalue weighted by Crippen LogP contribution is -2.31. The van der Waals surface area contributed by atoms with Crippen molar-refractivity contribution in [3.05, 3.63) is 29.6 Å². The first kappa shape index (κ1) is 12.5. The molecular formula is C11H9FN4O. The Morgan fingerprint density at radius 2 is 1.94 bits per heavy atom. The Labute approximate surface area is 97.5 Å². The molecule has 0 atom stereocenters. The van der Waals surface area contributed by atoms with Gasteiger partial charge in [-0.15, -0.1) is 0 Å². The lowest BCUT2D eigenvalue weighted by atomic mass is 10.1. The molecule has 0 aliphatic heterocycles. The van der Waals surface area contributed by atoms with E-state index in [-0.39, 0.29) is 24.3 Å². The predicted molar refractivity (Wildman–Crippen MR) is 57.9 cm³/mol. The summed E-state index contributed by atoms with van der Waals surface area (Å²) in [6, 6.07) is 7.13. The van der Waals surface area contributed by atoms with E-state index in [4.69, 9.17) is 16.3 Å². The van der Waals surface area contributed by atoms with Gasteiger partial charge in [0.25, 0.3) is 5.91 Å². The van der Waals surface area contributed by atoms with Crippen molar-refractivity contribution in [2.75, 3.05) is 18.8 Å². The number of rotatable bonds is 3. The molecule has 1 rings (SSSR count). The molecule has 0 aromatic heterocycles. The number of halogens is 1. The van der Waals surface area contributed by atoms with E-state index < -0.39 is 11.7 Å². The minimum absolute atomic E-state index is 0.0576. The third kappa shape index (κ3) is 2.93. The maximum atomic E-state index is 13.1. The Morgan fingerprint density at radius 3 is 2.41 bits per heavy atom. The molecule has 5 nitrogen and oxygen atoms in total. The average Bonchev–Trinajstić information content (AvgIpc) is 2.31. The standard InChI is InChI=1S/C11H9FN4O/c12-9-7-8(1-2-10(9)15)11(17)16(5-3-13)6-4-14/h1-2,7H,5-6,15H2. The van der Waals surface area contributed by atoms with Crippen molar-refractivity contribution >= 4 is 11.6 Å². The molecule has 86 valence electrons. The van der Waals surface area contributed by atoms with Crippen LogP contribution >= 0.6 is 0 Å². The number of nitrogens with two attached hydrogens (primary N) is 1. The third-order valence-corrected chi connectivity index (χ3v) is 2.06. The summed E-state index contributed by atoms with van der Waals surface area (Å²) in [6.07, 6.45) is 0. The molecule has 0 bridgehead atoms. The summed E-state index contributed by atoms with van der Waals surface area (Å²) in [4.78, 5) is 12.8. The van der Waals surface area contributed by atoms with Gasteiger partial charge in [0.1, 0.15) is 18.9 Å². The molecule has 0 aliphatic rings. The molecule has 0 aliphatic carbocycles. The van der Waals surface area contributed by atoms with Crippen molar-refractivity contribution in [3.63, 3.8) is 0 Å². The zero-order valence-corrected chi connectivity index (χ0v) is 8.85. The monoisotopic (exact) mass is 232 g/mol. The Morgan fingerprint density at radius 1 is 1.35 bits per heavy atom. The minimum atomic E-state index is -0.704. The lowest BCUT2D eigenvalue weighted by molar-refractivity contribution is 0.0794. The number of anilines is 1. The Balaban J connectivity index is 2.98. The number of benzene rings is 1. The molecule has 0 spiro atoms. The molecule has 1 aromatic rings. The van der Waals surface area contributed by atoms with Crippen molar-refractivity contribution < 1.29 is 9.18 Å². The van der Waals surface area contributed by atoms with E-state index in [0.29, 0.717) is 0 Å². The van der Waals surface area contributed by atoms with Crippen LogP contribution in [0.15, 0.2) is 18.2 Å². The quantitative estimate of drug-likeness (QED) is 0.618. The van der Waals surface area contributed by atoms with Crippen molar-refractivity contribution in [3.8, 4) is 12.1 Å². The van der Waals surface area contributed by atoms with Crippen molar-refractivity contribution in [1.82, 2.24) is 4.90 Å². The Hall–Kier alpha value is -2.60. The van der Waals surface area contributed by atoms with Crippen LogP contribution in [-0.2, 0) is 0 Å². The number of carbonyl (C=O) groups excluding carboxylic acids is 1. The lowest BCUT2D eigenvalue weighted by Gasteiger charge is -2.15. The first-order valence-electron chi connectivity index (χ1n) is 4.68. The summed E-state index contributed by atoms with van der Waals surface area (Å²) in [6.45, 7) is -0.448. The maximum absolute atomic E-state index is 13.1. The first-order valence-corrected chi connectivity index (χ1v) is 4.68. The molecule has 1 aromatic carbocycles. The summed E-state index contributed by atoms with van der Waals surface area (Å²) in [5.74, 6) is -1.28. The fourth-order valence-corrected chi connectivity index (χ4v) is 1.21. The molecule has 0 unspecified atom stereocenters. The molecule has 2 N–H and O–H groups in total. The van der Waals surface area contributed by atoms with Gasteiger partial charge in [0.2, 0.25) is 0 Å². The fraction of sp³-hybridized carbons (Fsp3) is 0.182. The van der Waals surface area contributed by atoms with E-state index >= 15 is 0 Å². The SMILES string of the molecule is N#CCN(CC#N)C(=O)c1ccc(N)c(F)c1. The van der Waals surface area contributed by atoms with Gasteiger partial charge in [-0.05, 0) is 18.2 Å². The first-order chi connectivity index (χ1) is 8.10. The fourth-order valence-electron chi connectivity index (χ4n) is 1.21. The van der Waals surface area contributed by atoms with Crippen molar-refractivity contribution in [2.24, 2.45) is 0 Å². The average molecular weight is 232 g/mol. The molecular weight excluding hydrogens is 223 g/mol. The van der Waals surface area contributed by atoms with Gasteiger partial charge in [-0.1, -0.05) is 0 Å². The summed E-state index contributed by atoms with van der Waals surface area (Å²) in [5, 5.41) is 17.0. The largest absolute Gasteiger partial charge is 0.396 e. The molecule has 0 fully saturated rings. The number of amides is 1. The Bertz CT molecular complexity index is 499. The predicted octanol–water partition coefficient (Wildman–Crippen LogP) is 0.897. The summed E-state index contributed by atoms with van der Waals surface area (Å²) < 4.78 is 13.1. The number of carbonyl (C=O) groups is 1. The summed E-state index contributed by atoms with van der Waals surface area (Å²) >= 11 is 0. The normalized spacial score (nSPS) is 9.12. The van der Waals surface area contributed by atoms with Crippen LogP contribution in [-0.4, -0.2) is 23.9 Å². The molecule has 0 heterocycles. The molecule has 6 heteroatoms. The number of nitrogen functional groups attached to an aromatic ring is 1. The van der Waals surface area contributed by atoms with Gasteiger partial charge in [-0.2, -0.15) is 10.5 Å². The van der Waals surface area contributed by atoms with Crippen LogP contribution in [0.25, 0.3) is 0 Å². The van der Waals surface area contributed by atoms with Crippen LogP contribution < -0.4 is 5.73 Å². The second kappa shape index (κ2) is 5.47. The van der Waals surface area contributed by atoms with Crippen molar-refractivity contribution in [1.29, 1.82) is 10.5 Å². The van der Waals surface area contributed by atoms with E-state index in [1.807, 2.05) is 0 Å². The second-order valence-electron chi connectivity index (χ2n) is 3.21. The molecule has 0 saturated heterocycles. The number of nitrogens with zero attached hydrogens (tertiary/aromatic N) is 3. The third-order valence-electron chi connectivity index (χ3n) is 2.06. The highest BCUT2D eigenvalue weighted by molar-refractivity contribution is 5.94. The van der Waals surface area contributed by atoms with Crippen LogP contribution in [0.5, 0.6) is 0 Å². The highest BCUT2D eigenvalue weighted by Gasteiger charge is 2.16. The number of nitriles is 2. The van der Waals surface area contributed by atoms with E-state index in [1.54, 1.807) is 12.1 Å². The zero-order chi connectivity index (χ0) is 12.8. The maximum Gasteiger partial charge on any atom is 0.255 e. The van der Waals surface area contributed by atoms with Crippen LogP contribution in [0.2, 0.25) is 0 Å². The van der Waals surface area contributed by atoms with Gasteiger partial charge >= 0.3 is 0 Å². The van der Waals surface area contributed by atoms with E-state index in [2.05, 4.69) is 0 Å². The van der Waals surface area contributed by atoms with Gasteiger partial charge in [-0.3, -0.25) is 4.79 Å². The molecule has 17 heavy (non-hydrogen) atoms. The molecule has 1 amide bonds. The van der Waals surface area contributed by atoms with Crippen molar-refractivity contribution in [2.45, 2.75) is 0 Å². The van der Waals surface area contributed by atoms with E-state index in [0.717, 1.165) is 11.0 Å². The van der Waals surface area contributed by atoms with E-state index in [9.17, 15) is 9.18 Å². The molecule has 0 saturated carbocycles. The Kier molecular flexibility index (Phi) is 4.02. The smallest absolute Gasteiger partial charge is 0.255 e. The van der Waals surface area contributed by atoms with Crippen LogP contribution in [0.3, 0.4) is 0 Å². The number of hydrogen-bond acceptors (Lipinski definition) is 4. The second-order valence-corrected chi connectivity index (χ2v) is 3.21. The summed E-state index contributed by atoms with van der Waals surface area (Å²) in [7, 11) is 0. The van der Waals surface area contributed by atoms with Gasteiger partial charge in [0, 0.05) is 5.56 Å². The highest BCUT2D eigenvalue weighted by Crippen LogP contribution is 2.13.